The van der Waals surface area contributed by atoms with Gasteiger partial charge >= 0.3 is 0 Å². The average molecular weight is 136 g/mol. The van der Waals surface area contributed by atoms with E-state index < -0.39 is 0 Å². The highest BCUT2D eigenvalue weighted by Crippen LogP contribution is 1.93. The molecule has 0 aliphatic rings. The molecule has 0 aliphatic heterocycles. The largest absolute Gasteiger partial charge is 0.329 e. The summed E-state index contributed by atoms with van der Waals surface area (Å²) in [6.07, 6.45) is 2.19. The zero-order valence-electron chi connectivity index (χ0n) is 5.42. The lowest BCUT2D eigenvalue weighted by atomic mass is 10.2. The third kappa shape index (κ3) is 1.70. The van der Waals surface area contributed by atoms with Gasteiger partial charge in [0.2, 0.25) is 5.56 Å². The van der Waals surface area contributed by atoms with Crippen molar-refractivity contribution in [3.05, 3.63) is 40.8 Å². The lowest BCUT2D eigenvalue weighted by Crippen LogP contribution is -2.04. The maximum atomic E-state index is 10.5. The first-order valence-electron chi connectivity index (χ1n) is 2.94. The predicted octanol–water partition coefficient (Wildman–Crippen LogP) is -0.0851. The van der Waals surface area contributed by atoms with Gasteiger partial charge in [0.05, 0.1) is 6.54 Å². The fraction of sp³-hybridized carbons (Fsp3) is 0.143. The Morgan fingerprint density at radius 1 is 1.60 bits per heavy atom. The average Bonchev–Trinajstić information content (AvgIpc) is 1.95. The topological polar surface area (TPSA) is 58.9 Å². The monoisotopic (exact) mass is 136 g/mol. The number of hydrogen-bond acceptors (Lipinski definition) is 2. The van der Waals surface area contributed by atoms with Crippen LogP contribution in [0.5, 0.6) is 0 Å². The van der Waals surface area contributed by atoms with Crippen molar-refractivity contribution in [2.45, 2.75) is 6.42 Å². The Labute approximate surface area is 58.9 Å². The molecule has 1 heterocycles. The zero-order valence-corrected chi connectivity index (χ0v) is 5.42. The van der Waals surface area contributed by atoms with Gasteiger partial charge in [0.15, 0.2) is 0 Å². The van der Waals surface area contributed by atoms with Crippen LogP contribution in [0.25, 0.3) is 0 Å². The molecule has 52 valence electrons. The summed E-state index contributed by atoms with van der Waals surface area (Å²) in [4.78, 5) is 13.1. The highest BCUT2D eigenvalue weighted by molar-refractivity contribution is 5.10. The normalized spacial score (nSPS) is 9.70. The van der Waals surface area contributed by atoms with E-state index in [1.807, 2.05) is 0 Å². The van der Waals surface area contributed by atoms with Gasteiger partial charge in [0.25, 0.3) is 0 Å². The minimum Gasteiger partial charge on any atom is -0.329 e. The van der Waals surface area contributed by atoms with Crippen LogP contribution in [0.3, 0.4) is 0 Å². The van der Waals surface area contributed by atoms with Gasteiger partial charge in [-0.1, -0.05) is 6.07 Å². The van der Waals surface area contributed by atoms with Crippen molar-refractivity contribution in [1.82, 2.24) is 4.98 Å². The molecule has 10 heavy (non-hydrogen) atoms. The lowest BCUT2D eigenvalue weighted by molar-refractivity contribution is 1.07. The van der Waals surface area contributed by atoms with Gasteiger partial charge in [-0.15, -0.1) is 0 Å². The SMILES string of the molecule is N[C]Cc1ccc(=O)[nH]c1. The van der Waals surface area contributed by atoms with Crippen molar-refractivity contribution in [3.63, 3.8) is 0 Å². The molecular weight excluding hydrogens is 128 g/mol. The van der Waals surface area contributed by atoms with E-state index in [9.17, 15) is 4.79 Å². The molecule has 3 N–H and O–H groups in total. The van der Waals surface area contributed by atoms with Crippen LogP contribution in [0.1, 0.15) is 5.56 Å². The number of nitrogens with two attached hydrogens (primary N) is 1. The van der Waals surface area contributed by atoms with Crippen LogP contribution in [0.15, 0.2) is 23.1 Å². The molecule has 0 saturated heterocycles. The molecular formula is C7H8N2O. The molecule has 0 saturated carbocycles. The summed E-state index contributed by atoms with van der Waals surface area (Å²) in [6.45, 7) is 2.48. The summed E-state index contributed by atoms with van der Waals surface area (Å²) < 4.78 is 0. The second kappa shape index (κ2) is 3.17. The molecule has 1 aromatic rings. The second-order valence-corrected chi connectivity index (χ2v) is 1.94. The van der Waals surface area contributed by atoms with Crippen molar-refractivity contribution in [2.24, 2.45) is 5.73 Å². The molecule has 1 aromatic heterocycles. The van der Waals surface area contributed by atoms with Gasteiger partial charge in [0.1, 0.15) is 0 Å². The fourth-order valence-electron chi connectivity index (χ4n) is 0.671. The molecule has 0 aliphatic carbocycles. The van der Waals surface area contributed by atoms with Crippen LogP contribution in [0.4, 0.5) is 0 Å². The molecule has 0 bridgehead atoms. The van der Waals surface area contributed by atoms with Crippen LogP contribution in [-0.2, 0) is 6.42 Å². The molecule has 0 spiro atoms. The van der Waals surface area contributed by atoms with E-state index in [2.05, 4.69) is 11.5 Å². The standard InChI is InChI=1S/C7H8N2O/c8-4-3-6-1-2-7(10)9-5-6/h1-2,5H,3,8H2,(H,9,10). The Morgan fingerprint density at radius 3 is 2.90 bits per heavy atom. The Morgan fingerprint density at radius 2 is 2.40 bits per heavy atom. The lowest BCUT2D eigenvalue weighted by Gasteiger charge is -1.93. The van der Waals surface area contributed by atoms with Crippen molar-refractivity contribution < 1.29 is 0 Å². The van der Waals surface area contributed by atoms with Gasteiger partial charge in [-0.3, -0.25) is 4.79 Å². The molecule has 0 aromatic carbocycles. The first kappa shape index (κ1) is 7.02. The summed E-state index contributed by atoms with van der Waals surface area (Å²) >= 11 is 0. The Bertz CT molecular complexity index is 234. The van der Waals surface area contributed by atoms with Crippen molar-refractivity contribution >= 4 is 0 Å². The van der Waals surface area contributed by atoms with Crippen molar-refractivity contribution in [1.29, 1.82) is 0 Å². The summed E-state index contributed by atoms with van der Waals surface area (Å²) in [5, 5.41) is 0. The predicted molar refractivity (Wildman–Crippen MR) is 38.2 cm³/mol. The molecule has 0 unspecified atom stereocenters. The number of aromatic nitrogens is 1. The van der Waals surface area contributed by atoms with Crippen LogP contribution >= 0.6 is 0 Å². The van der Waals surface area contributed by atoms with Gasteiger partial charge in [-0.25, -0.2) is 0 Å². The molecule has 0 fully saturated rings. The third-order valence-electron chi connectivity index (χ3n) is 1.15. The molecule has 3 nitrogen and oxygen atoms in total. The highest BCUT2D eigenvalue weighted by Gasteiger charge is 1.88. The summed E-state index contributed by atoms with van der Waals surface area (Å²) in [6, 6.07) is 3.19. The summed E-state index contributed by atoms with van der Waals surface area (Å²) in [5.74, 6) is 0. The molecule has 0 atom stereocenters. The van der Waals surface area contributed by atoms with E-state index >= 15 is 0 Å². The van der Waals surface area contributed by atoms with Crippen LogP contribution < -0.4 is 11.3 Å². The van der Waals surface area contributed by atoms with E-state index in [1.165, 1.54) is 6.07 Å². The first-order valence-corrected chi connectivity index (χ1v) is 2.94. The smallest absolute Gasteiger partial charge is 0.247 e. The number of rotatable bonds is 2. The van der Waals surface area contributed by atoms with Gasteiger partial charge < -0.3 is 10.7 Å². The zero-order chi connectivity index (χ0) is 7.40. The maximum Gasteiger partial charge on any atom is 0.247 e. The number of aromatic amines is 1. The van der Waals surface area contributed by atoms with Crippen molar-refractivity contribution in [3.8, 4) is 0 Å². The Balaban J connectivity index is 2.79. The number of hydrogen-bond donors (Lipinski definition) is 2. The third-order valence-corrected chi connectivity index (χ3v) is 1.15. The quantitative estimate of drug-likeness (QED) is 0.558. The maximum absolute atomic E-state index is 10.5. The minimum atomic E-state index is -0.0965. The van der Waals surface area contributed by atoms with Crippen LogP contribution in [0.2, 0.25) is 0 Å². The fourth-order valence-corrected chi connectivity index (χ4v) is 0.671. The first-order chi connectivity index (χ1) is 4.83. The van der Waals surface area contributed by atoms with Crippen molar-refractivity contribution in [2.75, 3.05) is 0 Å². The minimum absolute atomic E-state index is 0.0965. The van der Waals surface area contributed by atoms with E-state index in [0.29, 0.717) is 6.42 Å². The van der Waals surface area contributed by atoms with E-state index in [4.69, 9.17) is 5.73 Å². The van der Waals surface area contributed by atoms with Gasteiger partial charge in [-0.2, -0.15) is 0 Å². The summed E-state index contributed by atoms with van der Waals surface area (Å²) in [7, 11) is 0. The molecule has 1 rings (SSSR count). The number of nitrogens with one attached hydrogen (secondary N) is 1. The highest BCUT2D eigenvalue weighted by atomic mass is 16.1. The molecule has 3 heteroatoms. The van der Waals surface area contributed by atoms with Crippen LogP contribution in [-0.4, -0.2) is 4.98 Å². The molecule has 2 radical (unpaired) electrons. The van der Waals surface area contributed by atoms with E-state index in [-0.39, 0.29) is 5.56 Å². The second-order valence-electron chi connectivity index (χ2n) is 1.94. The van der Waals surface area contributed by atoms with E-state index in [0.717, 1.165) is 5.56 Å². The Hall–Kier alpha value is -1.09. The molecule has 0 amide bonds. The van der Waals surface area contributed by atoms with Gasteiger partial charge in [0, 0.05) is 12.3 Å². The number of H-pyrrole nitrogens is 1. The van der Waals surface area contributed by atoms with Crippen LogP contribution in [0, 0.1) is 6.54 Å². The number of pyridine rings is 1. The van der Waals surface area contributed by atoms with Gasteiger partial charge in [-0.05, 0) is 12.0 Å². The summed E-state index contributed by atoms with van der Waals surface area (Å²) in [5.41, 5.74) is 5.92. The van der Waals surface area contributed by atoms with E-state index in [1.54, 1.807) is 12.3 Å². The Kier molecular flexibility index (Phi) is 2.23.